The third kappa shape index (κ3) is 5.76. The highest BCUT2D eigenvalue weighted by Gasteiger charge is 2.39. The van der Waals surface area contributed by atoms with Gasteiger partial charge in [0.25, 0.3) is 11.5 Å². The van der Waals surface area contributed by atoms with E-state index in [-0.39, 0.29) is 17.0 Å². The monoisotopic (exact) mass is 528 g/mol. The molecular formula is C31H40N6O2. The van der Waals surface area contributed by atoms with Crippen LogP contribution in [-0.4, -0.2) is 68.0 Å². The number of aryl methyl sites for hydroxylation is 3. The van der Waals surface area contributed by atoms with E-state index in [1.165, 1.54) is 11.9 Å². The first-order valence-corrected chi connectivity index (χ1v) is 14.0. The van der Waals surface area contributed by atoms with Gasteiger partial charge in [0.15, 0.2) is 0 Å². The van der Waals surface area contributed by atoms with Crippen LogP contribution in [0.2, 0.25) is 0 Å². The zero-order valence-electron chi connectivity index (χ0n) is 23.6. The Morgan fingerprint density at radius 2 is 1.64 bits per heavy atom. The minimum Gasteiger partial charge on any atom is -0.364 e. The van der Waals surface area contributed by atoms with Crippen LogP contribution in [0.25, 0.3) is 0 Å². The fraction of sp³-hybridized carbons (Fsp3) is 0.484. The van der Waals surface area contributed by atoms with Crippen molar-refractivity contribution < 1.29 is 4.79 Å². The van der Waals surface area contributed by atoms with E-state index in [2.05, 4.69) is 57.0 Å². The summed E-state index contributed by atoms with van der Waals surface area (Å²) in [5.74, 6) is 0.0527. The molecule has 0 saturated carbocycles. The normalized spacial score (nSPS) is 18.2. The number of rotatable bonds is 6. The summed E-state index contributed by atoms with van der Waals surface area (Å²) in [7, 11) is 1.79. The molecule has 0 aliphatic carbocycles. The quantitative estimate of drug-likeness (QED) is 0.482. The topological polar surface area (TPSA) is 74.6 Å². The van der Waals surface area contributed by atoms with Gasteiger partial charge >= 0.3 is 0 Å². The van der Waals surface area contributed by atoms with Gasteiger partial charge in [-0.3, -0.25) is 14.5 Å². The Hall–Kier alpha value is -3.52. The first kappa shape index (κ1) is 27.1. The van der Waals surface area contributed by atoms with Crippen LogP contribution in [0.5, 0.6) is 0 Å². The van der Waals surface area contributed by atoms with E-state index in [9.17, 15) is 9.59 Å². The van der Waals surface area contributed by atoms with Gasteiger partial charge in [-0.2, -0.15) is 0 Å². The van der Waals surface area contributed by atoms with Crippen molar-refractivity contribution in [3.63, 3.8) is 0 Å². The Morgan fingerprint density at radius 1 is 1.00 bits per heavy atom. The number of pyridine rings is 1. The zero-order chi connectivity index (χ0) is 27.6. The summed E-state index contributed by atoms with van der Waals surface area (Å²) < 4.78 is 1.62. The van der Waals surface area contributed by atoms with Crippen molar-refractivity contribution in [3.8, 4) is 0 Å². The van der Waals surface area contributed by atoms with Gasteiger partial charge in [-0.1, -0.05) is 30.3 Å². The van der Waals surface area contributed by atoms with E-state index in [4.69, 9.17) is 0 Å². The molecule has 3 aromatic rings. The molecule has 4 heterocycles. The number of piperidine rings is 2. The molecule has 8 heteroatoms. The summed E-state index contributed by atoms with van der Waals surface area (Å²) in [6, 6.07) is 14.7. The minimum atomic E-state index is 0.0178. The highest BCUT2D eigenvalue weighted by atomic mass is 16.2. The van der Waals surface area contributed by atoms with E-state index in [1.807, 2.05) is 31.0 Å². The van der Waals surface area contributed by atoms with Gasteiger partial charge in [0, 0.05) is 69.3 Å². The van der Waals surface area contributed by atoms with E-state index >= 15 is 0 Å². The summed E-state index contributed by atoms with van der Waals surface area (Å²) in [5, 5.41) is 0. The maximum absolute atomic E-state index is 13.3. The van der Waals surface area contributed by atoms with Crippen LogP contribution >= 0.6 is 0 Å². The lowest BCUT2D eigenvalue weighted by Gasteiger charge is -2.50. The van der Waals surface area contributed by atoms with Crippen molar-refractivity contribution in [2.24, 2.45) is 7.05 Å². The predicted molar refractivity (Wildman–Crippen MR) is 154 cm³/mol. The van der Waals surface area contributed by atoms with Gasteiger partial charge in [-0.05, 0) is 58.1 Å². The molecule has 0 atom stereocenters. The number of likely N-dealkylation sites (tertiary alicyclic amines) is 2. The number of carbonyl (C=O) groups is 1. The van der Waals surface area contributed by atoms with Crippen molar-refractivity contribution in [2.45, 2.75) is 64.6 Å². The van der Waals surface area contributed by atoms with Crippen LogP contribution in [0, 0.1) is 13.8 Å². The first-order valence-electron chi connectivity index (χ1n) is 14.0. The molecule has 8 nitrogen and oxygen atoms in total. The van der Waals surface area contributed by atoms with Gasteiger partial charge < -0.3 is 14.4 Å². The Labute approximate surface area is 231 Å². The lowest BCUT2D eigenvalue weighted by atomic mass is 9.85. The van der Waals surface area contributed by atoms with Crippen LogP contribution in [0.15, 0.2) is 59.8 Å². The largest absolute Gasteiger partial charge is 0.364 e. The Balaban J connectivity index is 1.24. The SMILES string of the molecule is Cc1ncnc(C)c1C(=O)N1CCC(C)(N2CCC(N(Cc3ccccc3)c3ccn(C)c(=O)c3)CC2)CC1. The zero-order valence-corrected chi connectivity index (χ0v) is 23.6. The number of benzene rings is 1. The lowest BCUT2D eigenvalue weighted by Crippen LogP contribution is -2.58. The smallest absolute Gasteiger partial charge is 0.257 e. The fourth-order valence-electron chi connectivity index (χ4n) is 6.21. The second kappa shape index (κ2) is 11.3. The molecule has 1 aromatic carbocycles. The number of anilines is 1. The standard InChI is InChI=1S/C31H40N6O2/c1-23-29(24(2)33-22-32-23)30(39)35-18-13-31(3,14-19-35)36-16-11-26(12-17-36)37(21-25-8-6-5-7-9-25)27-10-15-34(4)28(38)20-27/h5-10,15,20,22,26H,11-14,16-19,21H2,1-4H3. The molecule has 5 rings (SSSR count). The van der Waals surface area contributed by atoms with Gasteiger partial charge in [0.1, 0.15) is 6.33 Å². The lowest BCUT2D eigenvalue weighted by molar-refractivity contribution is 0.0170. The number of aromatic nitrogens is 3. The van der Waals surface area contributed by atoms with Crippen LogP contribution in [-0.2, 0) is 13.6 Å². The maximum Gasteiger partial charge on any atom is 0.257 e. The number of hydrogen-bond acceptors (Lipinski definition) is 6. The molecule has 2 aromatic heterocycles. The number of carbonyl (C=O) groups excluding carboxylic acids is 1. The summed E-state index contributed by atoms with van der Waals surface area (Å²) in [6.45, 7) is 10.4. The Morgan fingerprint density at radius 3 is 2.26 bits per heavy atom. The number of amides is 1. The molecule has 0 bridgehead atoms. The molecule has 39 heavy (non-hydrogen) atoms. The average Bonchev–Trinajstić information content (AvgIpc) is 2.94. The summed E-state index contributed by atoms with van der Waals surface area (Å²) in [5.41, 5.74) is 4.48. The molecule has 2 saturated heterocycles. The summed E-state index contributed by atoms with van der Waals surface area (Å²) in [6.07, 6.45) is 7.39. The summed E-state index contributed by atoms with van der Waals surface area (Å²) in [4.78, 5) is 41.3. The Kier molecular flexibility index (Phi) is 7.84. The van der Waals surface area contributed by atoms with Gasteiger partial charge in [-0.15, -0.1) is 0 Å². The highest BCUT2D eigenvalue weighted by Crippen LogP contribution is 2.34. The third-order valence-electron chi connectivity index (χ3n) is 8.85. The van der Waals surface area contributed by atoms with E-state index in [1.54, 1.807) is 17.7 Å². The van der Waals surface area contributed by atoms with E-state index in [0.29, 0.717) is 11.6 Å². The minimum absolute atomic E-state index is 0.0178. The second-order valence-electron chi connectivity index (χ2n) is 11.4. The van der Waals surface area contributed by atoms with Crippen LogP contribution < -0.4 is 10.5 Å². The number of nitrogens with zero attached hydrogens (tertiary/aromatic N) is 6. The van der Waals surface area contributed by atoms with Crippen LogP contribution in [0.3, 0.4) is 0 Å². The molecular weight excluding hydrogens is 488 g/mol. The van der Waals surface area contributed by atoms with Gasteiger partial charge in [-0.25, -0.2) is 9.97 Å². The van der Waals surface area contributed by atoms with Crippen molar-refractivity contribution in [2.75, 3.05) is 31.1 Å². The van der Waals surface area contributed by atoms with Crippen molar-refractivity contribution in [3.05, 3.63) is 87.9 Å². The van der Waals surface area contributed by atoms with Crippen molar-refractivity contribution in [1.82, 2.24) is 24.3 Å². The van der Waals surface area contributed by atoms with Crippen LogP contribution in [0.4, 0.5) is 5.69 Å². The average molecular weight is 529 g/mol. The first-order chi connectivity index (χ1) is 18.7. The Bertz CT molecular complexity index is 1330. The fourth-order valence-corrected chi connectivity index (χ4v) is 6.21. The molecule has 206 valence electrons. The molecule has 2 fully saturated rings. The van der Waals surface area contributed by atoms with E-state index in [0.717, 1.165) is 75.5 Å². The highest BCUT2D eigenvalue weighted by molar-refractivity contribution is 5.96. The second-order valence-corrected chi connectivity index (χ2v) is 11.4. The molecule has 2 aliphatic heterocycles. The van der Waals surface area contributed by atoms with Crippen molar-refractivity contribution in [1.29, 1.82) is 0 Å². The molecule has 1 amide bonds. The molecule has 0 N–H and O–H groups in total. The molecule has 0 unspecified atom stereocenters. The van der Waals surface area contributed by atoms with Crippen molar-refractivity contribution >= 4 is 11.6 Å². The van der Waals surface area contributed by atoms with Crippen LogP contribution in [0.1, 0.15) is 59.9 Å². The van der Waals surface area contributed by atoms with Gasteiger partial charge in [0.2, 0.25) is 0 Å². The number of hydrogen-bond donors (Lipinski definition) is 0. The van der Waals surface area contributed by atoms with E-state index < -0.39 is 0 Å². The molecule has 0 spiro atoms. The summed E-state index contributed by atoms with van der Waals surface area (Å²) >= 11 is 0. The predicted octanol–water partition coefficient (Wildman–Crippen LogP) is 3.96. The van der Waals surface area contributed by atoms with Gasteiger partial charge in [0.05, 0.1) is 17.0 Å². The maximum atomic E-state index is 13.3. The molecule has 2 aliphatic rings. The third-order valence-corrected chi connectivity index (χ3v) is 8.85. The molecule has 0 radical (unpaired) electrons.